The number of hydrogen-bond donors (Lipinski definition) is 1. The zero-order valence-corrected chi connectivity index (χ0v) is 21.1. The summed E-state index contributed by atoms with van der Waals surface area (Å²) in [6, 6.07) is 11.5. The number of aliphatic hydroxyl groups is 1. The Morgan fingerprint density at radius 2 is 1.86 bits per heavy atom. The molecule has 1 atom stereocenters. The number of anilines is 1. The number of Topliss-reactive ketones (excluding diaryl/α,β-unsaturated/α-hetero) is 1. The van der Waals surface area contributed by atoms with Crippen LogP contribution in [-0.2, 0) is 9.59 Å². The Balaban J connectivity index is 1.98. The first-order chi connectivity index (χ1) is 16.6. The van der Waals surface area contributed by atoms with Crippen LogP contribution < -0.4 is 9.64 Å². The smallest absolute Gasteiger partial charge is 0.300 e. The topological polar surface area (TPSA) is 79.7 Å². The van der Waals surface area contributed by atoms with Gasteiger partial charge in [0.1, 0.15) is 11.5 Å². The lowest BCUT2D eigenvalue weighted by molar-refractivity contribution is -0.132. The van der Waals surface area contributed by atoms with E-state index in [4.69, 9.17) is 16.3 Å². The summed E-state index contributed by atoms with van der Waals surface area (Å²) in [7, 11) is 1.60. The number of carbonyl (C=O) groups is 2. The molecule has 0 spiro atoms. The quantitative estimate of drug-likeness (QED) is 0.265. The van der Waals surface area contributed by atoms with Crippen molar-refractivity contribution >= 4 is 34.7 Å². The number of amides is 1. The van der Waals surface area contributed by atoms with Gasteiger partial charge in [0.15, 0.2) is 0 Å². The summed E-state index contributed by atoms with van der Waals surface area (Å²) in [6.45, 7) is 7.73. The van der Waals surface area contributed by atoms with Gasteiger partial charge in [0.25, 0.3) is 11.7 Å². The van der Waals surface area contributed by atoms with E-state index in [1.807, 2.05) is 39.8 Å². The van der Waals surface area contributed by atoms with Crippen LogP contribution in [0.5, 0.6) is 5.75 Å². The molecule has 0 saturated carbocycles. The van der Waals surface area contributed by atoms with Gasteiger partial charge in [0.2, 0.25) is 0 Å². The number of halogens is 1. The van der Waals surface area contributed by atoms with E-state index in [1.54, 1.807) is 49.8 Å². The van der Waals surface area contributed by atoms with Crippen LogP contribution >= 0.6 is 11.6 Å². The predicted molar refractivity (Wildman–Crippen MR) is 137 cm³/mol. The molecule has 0 aliphatic carbocycles. The van der Waals surface area contributed by atoms with Gasteiger partial charge in [-0.3, -0.25) is 19.5 Å². The van der Waals surface area contributed by atoms with Gasteiger partial charge in [-0.2, -0.15) is 0 Å². The molecule has 1 aromatic heterocycles. The highest BCUT2D eigenvalue weighted by molar-refractivity contribution is 6.51. The van der Waals surface area contributed by atoms with E-state index in [1.165, 1.54) is 4.90 Å². The van der Waals surface area contributed by atoms with Crippen molar-refractivity contribution < 1.29 is 19.4 Å². The third kappa shape index (κ3) is 4.30. The number of hydrogen-bond acceptors (Lipinski definition) is 5. The van der Waals surface area contributed by atoms with Gasteiger partial charge >= 0.3 is 0 Å². The molecule has 180 valence electrons. The monoisotopic (exact) mass is 490 g/mol. The van der Waals surface area contributed by atoms with Gasteiger partial charge in [-0.05, 0) is 72.4 Å². The van der Waals surface area contributed by atoms with Crippen LogP contribution in [0.3, 0.4) is 0 Å². The van der Waals surface area contributed by atoms with Crippen LogP contribution in [0.25, 0.3) is 5.76 Å². The van der Waals surface area contributed by atoms with Crippen LogP contribution in [-0.4, -0.2) is 28.9 Å². The number of nitrogens with zero attached hydrogens (tertiary/aromatic N) is 2. The van der Waals surface area contributed by atoms with Gasteiger partial charge in [-0.15, -0.1) is 0 Å². The van der Waals surface area contributed by atoms with Crippen LogP contribution in [0, 0.1) is 13.8 Å². The minimum absolute atomic E-state index is 0.00247. The number of aliphatic hydroxyl groups excluding tert-OH is 1. The summed E-state index contributed by atoms with van der Waals surface area (Å²) in [5.41, 5.74) is 3.99. The van der Waals surface area contributed by atoms with Crippen molar-refractivity contribution in [2.75, 3.05) is 12.0 Å². The van der Waals surface area contributed by atoms with Crippen LogP contribution in [0.1, 0.15) is 53.6 Å². The van der Waals surface area contributed by atoms with E-state index in [-0.39, 0.29) is 17.3 Å². The summed E-state index contributed by atoms with van der Waals surface area (Å²) >= 11 is 6.35. The van der Waals surface area contributed by atoms with Gasteiger partial charge in [-0.25, -0.2) is 0 Å². The van der Waals surface area contributed by atoms with Crippen molar-refractivity contribution in [3.8, 4) is 5.75 Å². The average molecular weight is 491 g/mol. The van der Waals surface area contributed by atoms with Crippen LogP contribution in [0.15, 0.2) is 60.4 Å². The predicted octanol–water partition coefficient (Wildman–Crippen LogP) is 6.11. The molecule has 1 aliphatic rings. The average Bonchev–Trinajstić information content (AvgIpc) is 3.11. The number of carbonyl (C=O) groups excluding carboxylic acids is 2. The normalized spacial score (nSPS) is 17.3. The third-order valence-electron chi connectivity index (χ3n) is 6.33. The first-order valence-electron chi connectivity index (χ1n) is 11.3. The Morgan fingerprint density at radius 1 is 1.11 bits per heavy atom. The molecule has 3 aromatic rings. The molecule has 1 N–H and O–H groups in total. The summed E-state index contributed by atoms with van der Waals surface area (Å²) < 4.78 is 5.52. The second-order valence-electron chi connectivity index (χ2n) is 8.95. The number of ether oxygens (including phenoxy) is 1. The molecule has 2 aromatic carbocycles. The number of benzene rings is 2. The largest absolute Gasteiger partial charge is 0.507 e. The first-order valence-corrected chi connectivity index (χ1v) is 11.7. The molecule has 1 aliphatic heterocycles. The van der Waals surface area contributed by atoms with E-state index < -0.39 is 17.7 Å². The van der Waals surface area contributed by atoms with Crippen LogP contribution in [0.4, 0.5) is 5.69 Å². The second-order valence-corrected chi connectivity index (χ2v) is 9.36. The lowest BCUT2D eigenvalue weighted by Crippen LogP contribution is -2.29. The molecular weight excluding hydrogens is 464 g/mol. The summed E-state index contributed by atoms with van der Waals surface area (Å²) in [4.78, 5) is 32.3. The van der Waals surface area contributed by atoms with Gasteiger partial charge in [0.05, 0.1) is 18.7 Å². The highest BCUT2D eigenvalue weighted by Gasteiger charge is 2.47. The van der Waals surface area contributed by atoms with Crippen molar-refractivity contribution in [2.24, 2.45) is 0 Å². The molecule has 1 fully saturated rings. The van der Waals surface area contributed by atoms with E-state index in [2.05, 4.69) is 4.98 Å². The lowest BCUT2D eigenvalue weighted by atomic mass is 9.91. The number of aromatic nitrogens is 1. The highest BCUT2D eigenvalue weighted by atomic mass is 35.5. The zero-order chi connectivity index (χ0) is 25.4. The molecule has 1 amide bonds. The maximum absolute atomic E-state index is 13.4. The molecule has 1 saturated heterocycles. The molecule has 0 radical (unpaired) electrons. The maximum atomic E-state index is 13.4. The van der Waals surface area contributed by atoms with Crippen molar-refractivity contribution in [2.45, 2.75) is 39.7 Å². The number of methoxy groups -OCH3 is 1. The van der Waals surface area contributed by atoms with E-state index in [0.717, 1.165) is 16.7 Å². The van der Waals surface area contributed by atoms with Crippen molar-refractivity contribution in [3.05, 3.63) is 93.3 Å². The summed E-state index contributed by atoms with van der Waals surface area (Å²) in [6.07, 6.45) is 3.20. The molecule has 35 heavy (non-hydrogen) atoms. The van der Waals surface area contributed by atoms with Gasteiger partial charge in [-0.1, -0.05) is 37.6 Å². The Labute approximate surface area is 209 Å². The molecule has 2 heterocycles. The molecule has 4 rings (SSSR count). The van der Waals surface area contributed by atoms with Gasteiger partial charge < -0.3 is 9.84 Å². The standard InChI is InChI=1S/C28H27ClN2O4/c1-15(2)20-13-21(17(4)11-23(20)35-5)26(32)24-25(18-7-6-10-30-14-18)31(28(34)27(24)33)19-9-8-16(3)22(29)12-19/h6-15,25,32H,1-5H3/b26-24+. The SMILES string of the molecule is COc1cc(C)c(/C(O)=C2\C(=O)C(=O)N(c3ccc(C)c(Cl)c3)C2c2cccnc2)cc1C(C)C. The third-order valence-corrected chi connectivity index (χ3v) is 6.74. The Hall–Kier alpha value is -3.64. The molecule has 7 heteroatoms. The summed E-state index contributed by atoms with van der Waals surface area (Å²) in [5, 5.41) is 12.0. The first kappa shape index (κ1) is 24.5. The van der Waals surface area contributed by atoms with Crippen LogP contribution in [0.2, 0.25) is 5.02 Å². The summed E-state index contributed by atoms with van der Waals surface area (Å²) in [5.74, 6) is -0.930. The number of ketones is 1. The molecular formula is C28H27ClN2O4. The Bertz CT molecular complexity index is 1350. The molecule has 1 unspecified atom stereocenters. The van der Waals surface area contributed by atoms with E-state index in [9.17, 15) is 14.7 Å². The van der Waals surface area contributed by atoms with E-state index >= 15 is 0 Å². The lowest BCUT2D eigenvalue weighted by Gasteiger charge is -2.26. The highest BCUT2D eigenvalue weighted by Crippen LogP contribution is 2.43. The number of aryl methyl sites for hydroxylation is 2. The minimum Gasteiger partial charge on any atom is -0.507 e. The molecule has 0 bridgehead atoms. The minimum atomic E-state index is -0.869. The fourth-order valence-electron chi connectivity index (χ4n) is 4.41. The number of rotatable bonds is 5. The fraction of sp³-hybridized carbons (Fsp3) is 0.250. The van der Waals surface area contributed by atoms with Crippen molar-refractivity contribution in [1.82, 2.24) is 4.98 Å². The van der Waals surface area contributed by atoms with Gasteiger partial charge in [0, 0.05) is 28.7 Å². The Morgan fingerprint density at radius 3 is 2.46 bits per heavy atom. The van der Waals surface area contributed by atoms with Crippen molar-refractivity contribution in [1.29, 1.82) is 0 Å². The number of pyridine rings is 1. The van der Waals surface area contributed by atoms with Crippen molar-refractivity contribution in [3.63, 3.8) is 0 Å². The second kappa shape index (κ2) is 9.55. The zero-order valence-electron chi connectivity index (χ0n) is 20.3. The maximum Gasteiger partial charge on any atom is 0.300 e. The molecule has 6 nitrogen and oxygen atoms in total. The fourth-order valence-corrected chi connectivity index (χ4v) is 4.58. The Kier molecular flexibility index (Phi) is 6.68. The van der Waals surface area contributed by atoms with E-state index in [0.29, 0.717) is 27.6 Å².